The van der Waals surface area contributed by atoms with Crippen LogP contribution in [0.15, 0.2) is 44.0 Å². The number of nitrogens with one attached hydrogen (secondary N) is 1. The predicted octanol–water partition coefficient (Wildman–Crippen LogP) is 2.35. The molecule has 3 aromatic rings. The minimum atomic E-state index is -0.836. The number of carbonyl (C=O) groups is 2. The van der Waals surface area contributed by atoms with E-state index >= 15 is 0 Å². The number of carbonyl (C=O) groups excluding carboxylic acids is 2. The number of hydrogen-bond donors (Lipinski definition) is 1. The molecule has 32 heavy (non-hydrogen) atoms. The topological polar surface area (TPSA) is 136 Å². The van der Waals surface area contributed by atoms with Crippen LogP contribution in [-0.2, 0) is 16.1 Å². The maximum absolute atomic E-state index is 12.7. The standard InChI is InChI=1S/C21H18N4O6S/c1-2-30-20(28)17-14(15-4-3-7-31-15)11-32-18(17)23-16(26)10-25-19(27)12(8-22)9-24(21(25)29)13-5-6-13/h3-4,7,9,11,13H,2,5-6,10H2,1H3,(H,23,26). The summed E-state index contributed by atoms with van der Waals surface area (Å²) in [7, 11) is 0. The number of aromatic nitrogens is 2. The Morgan fingerprint density at radius 2 is 2.16 bits per heavy atom. The average molecular weight is 454 g/mol. The molecule has 164 valence electrons. The van der Waals surface area contributed by atoms with Crippen LogP contribution in [-0.4, -0.2) is 27.6 Å². The molecule has 1 N–H and O–H groups in total. The van der Waals surface area contributed by atoms with Gasteiger partial charge >= 0.3 is 11.7 Å². The molecule has 0 bridgehead atoms. The van der Waals surface area contributed by atoms with E-state index in [0.717, 1.165) is 28.7 Å². The van der Waals surface area contributed by atoms with Gasteiger partial charge in [0.25, 0.3) is 5.56 Å². The predicted molar refractivity (Wildman–Crippen MR) is 115 cm³/mol. The summed E-state index contributed by atoms with van der Waals surface area (Å²) in [4.78, 5) is 50.5. The normalized spacial score (nSPS) is 12.9. The van der Waals surface area contributed by atoms with Gasteiger partial charge in [-0.25, -0.2) is 14.2 Å². The van der Waals surface area contributed by atoms with Crippen LogP contribution in [0, 0.1) is 11.3 Å². The van der Waals surface area contributed by atoms with Crippen molar-refractivity contribution in [3.8, 4) is 17.4 Å². The third-order valence-corrected chi connectivity index (χ3v) is 5.76. The molecule has 1 aliphatic carbocycles. The fourth-order valence-electron chi connectivity index (χ4n) is 3.23. The van der Waals surface area contributed by atoms with Gasteiger partial charge in [-0.1, -0.05) is 0 Å². The van der Waals surface area contributed by atoms with Crippen molar-refractivity contribution in [3.63, 3.8) is 0 Å². The van der Waals surface area contributed by atoms with E-state index in [1.807, 2.05) is 0 Å². The number of rotatable bonds is 7. The number of thiophene rings is 1. The molecule has 1 aliphatic rings. The summed E-state index contributed by atoms with van der Waals surface area (Å²) >= 11 is 1.09. The molecule has 0 unspecified atom stereocenters. The first-order valence-electron chi connectivity index (χ1n) is 9.83. The highest BCUT2D eigenvalue weighted by Gasteiger charge is 2.28. The van der Waals surface area contributed by atoms with Gasteiger partial charge in [0.2, 0.25) is 5.91 Å². The second-order valence-corrected chi connectivity index (χ2v) is 7.95. The van der Waals surface area contributed by atoms with E-state index in [9.17, 15) is 24.4 Å². The molecule has 0 aromatic carbocycles. The third kappa shape index (κ3) is 4.00. The number of hydrogen-bond acceptors (Lipinski definition) is 8. The third-order valence-electron chi connectivity index (χ3n) is 4.87. The van der Waals surface area contributed by atoms with Crippen LogP contribution in [0.4, 0.5) is 5.00 Å². The minimum Gasteiger partial charge on any atom is -0.464 e. The van der Waals surface area contributed by atoms with E-state index in [1.54, 1.807) is 30.5 Å². The number of nitriles is 1. The number of furan rings is 1. The van der Waals surface area contributed by atoms with Gasteiger partial charge in [-0.2, -0.15) is 5.26 Å². The summed E-state index contributed by atoms with van der Waals surface area (Å²) in [6.07, 6.45) is 4.23. The highest BCUT2D eigenvalue weighted by atomic mass is 32.1. The second-order valence-electron chi connectivity index (χ2n) is 7.07. The lowest BCUT2D eigenvalue weighted by atomic mass is 10.1. The van der Waals surface area contributed by atoms with Gasteiger partial charge in [-0.05, 0) is 31.9 Å². The summed E-state index contributed by atoms with van der Waals surface area (Å²) < 4.78 is 12.5. The van der Waals surface area contributed by atoms with Crippen molar-refractivity contribution in [2.45, 2.75) is 32.4 Å². The largest absolute Gasteiger partial charge is 0.464 e. The summed E-state index contributed by atoms with van der Waals surface area (Å²) in [6, 6.07) is 5.03. The van der Waals surface area contributed by atoms with Gasteiger partial charge in [0.1, 0.15) is 34.5 Å². The summed E-state index contributed by atoms with van der Waals surface area (Å²) in [5, 5.41) is 13.7. The maximum Gasteiger partial charge on any atom is 0.341 e. The van der Waals surface area contributed by atoms with Crippen LogP contribution >= 0.6 is 11.3 Å². The van der Waals surface area contributed by atoms with Crippen LogP contribution in [0.1, 0.15) is 41.7 Å². The van der Waals surface area contributed by atoms with Crippen molar-refractivity contribution >= 4 is 28.2 Å². The van der Waals surface area contributed by atoms with Gasteiger partial charge in [0.05, 0.1) is 12.9 Å². The number of esters is 1. The monoisotopic (exact) mass is 454 g/mol. The zero-order valence-corrected chi connectivity index (χ0v) is 17.8. The molecule has 1 fully saturated rings. The van der Waals surface area contributed by atoms with Crippen LogP contribution < -0.4 is 16.6 Å². The van der Waals surface area contributed by atoms with E-state index in [-0.39, 0.29) is 28.8 Å². The molecule has 3 aromatic heterocycles. The fraction of sp³-hybridized carbons (Fsp3) is 0.286. The molecule has 1 amide bonds. The highest BCUT2D eigenvalue weighted by molar-refractivity contribution is 7.15. The Morgan fingerprint density at radius 1 is 1.38 bits per heavy atom. The average Bonchev–Trinajstić information content (AvgIpc) is 3.29. The lowest BCUT2D eigenvalue weighted by molar-refractivity contribution is -0.116. The quantitative estimate of drug-likeness (QED) is 0.541. The van der Waals surface area contributed by atoms with Crippen LogP contribution in [0.5, 0.6) is 0 Å². The van der Waals surface area contributed by atoms with Gasteiger partial charge in [-0.15, -0.1) is 11.3 Å². The molecular weight excluding hydrogens is 436 g/mol. The number of amides is 1. The van der Waals surface area contributed by atoms with E-state index in [2.05, 4.69) is 5.32 Å². The van der Waals surface area contributed by atoms with Crippen molar-refractivity contribution < 1.29 is 18.7 Å². The molecule has 0 spiro atoms. The zero-order valence-electron chi connectivity index (χ0n) is 17.0. The van der Waals surface area contributed by atoms with Gasteiger partial charge in [-0.3, -0.25) is 14.2 Å². The molecule has 0 aliphatic heterocycles. The molecule has 0 radical (unpaired) electrons. The Balaban J connectivity index is 1.65. The lowest BCUT2D eigenvalue weighted by Crippen LogP contribution is -2.43. The number of nitrogens with zero attached hydrogens (tertiary/aromatic N) is 3. The first-order chi connectivity index (χ1) is 15.4. The molecule has 0 saturated heterocycles. The van der Waals surface area contributed by atoms with E-state index in [0.29, 0.717) is 11.3 Å². The van der Waals surface area contributed by atoms with E-state index in [4.69, 9.17) is 9.15 Å². The van der Waals surface area contributed by atoms with Gasteiger partial charge in [0.15, 0.2) is 0 Å². The Labute approximate surface area is 185 Å². The van der Waals surface area contributed by atoms with E-state index in [1.165, 1.54) is 17.0 Å². The zero-order chi connectivity index (χ0) is 22.8. The summed E-state index contributed by atoms with van der Waals surface area (Å²) in [6.45, 7) is 1.20. The molecule has 4 rings (SSSR count). The molecule has 10 nitrogen and oxygen atoms in total. The van der Waals surface area contributed by atoms with Gasteiger partial charge < -0.3 is 14.5 Å². The van der Waals surface area contributed by atoms with Crippen molar-refractivity contribution in [1.29, 1.82) is 5.26 Å². The van der Waals surface area contributed by atoms with Gasteiger partial charge in [0, 0.05) is 23.2 Å². The second kappa shape index (κ2) is 8.68. The molecule has 1 saturated carbocycles. The Hall–Kier alpha value is -3.91. The van der Waals surface area contributed by atoms with Crippen LogP contribution in [0.25, 0.3) is 11.3 Å². The van der Waals surface area contributed by atoms with Crippen molar-refractivity contribution in [2.75, 3.05) is 11.9 Å². The highest BCUT2D eigenvalue weighted by Crippen LogP contribution is 2.36. The SMILES string of the molecule is CCOC(=O)c1c(-c2ccco2)csc1NC(=O)Cn1c(=O)c(C#N)cn(C2CC2)c1=O. The minimum absolute atomic E-state index is 0.0759. The van der Waals surface area contributed by atoms with Crippen molar-refractivity contribution in [2.24, 2.45) is 0 Å². The fourth-order valence-corrected chi connectivity index (χ4v) is 4.18. The van der Waals surface area contributed by atoms with Crippen LogP contribution in [0.2, 0.25) is 0 Å². The van der Waals surface area contributed by atoms with Crippen molar-refractivity contribution in [3.05, 3.63) is 61.9 Å². The summed E-state index contributed by atoms with van der Waals surface area (Å²) in [5.74, 6) is -0.912. The number of ether oxygens (including phenoxy) is 1. The Morgan fingerprint density at radius 3 is 2.78 bits per heavy atom. The van der Waals surface area contributed by atoms with Crippen LogP contribution in [0.3, 0.4) is 0 Å². The first-order valence-corrected chi connectivity index (χ1v) is 10.7. The summed E-state index contributed by atoms with van der Waals surface area (Å²) in [5.41, 5.74) is -1.13. The smallest absolute Gasteiger partial charge is 0.341 e. The van der Waals surface area contributed by atoms with E-state index < -0.39 is 29.7 Å². The Kier molecular flexibility index (Phi) is 5.79. The number of anilines is 1. The molecule has 0 atom stereocenters. The Bertz CT molecular complexity index is 1340. The maximum atomic E-state index is 12.7. The molecule has 3 heterocycles. The first kappa shape index (κ1) is 21.3. The molecule has 11 heteroatoms. The molecular formula is C21H18N4O6S. The lowest BCUT2D eigenvalue weighted by Gasteiger charge is -2.11. The van der Waals surface area contributed by atoms with Crippen molar-refractivity contribution in [1.82, 2.24) is 9.13 Å².